The number of amides is 2. The largest absolute Gasteiger partial charge is 0.481 e. The number of carboxylic acids is 1. The Kier molecular flexibility index (Phi) is 8.73. The molecular weight excluding hydrogens is 316 g/mol. The molecule has 0 aliphatic carbocycles. The van der Waals surface area contributed by atoms with Crippen LogP contribution in [0.1, 0.15) is 24.8 Å². The molecule has 8 heteroatoms. The Balaban J connectivity index is 2.36. The van der Waals surface area contributed by atoms with Gasteiger partial charge in [-0.2, -0.15) is 0 Å². The summed E-state index contributed by atoms with van der Waals surface area (Å²) in [5.41, 5.74) is 0.838. The zero-order chi connectivity index (χ0) is 17.8. The van der Waals surface area contributed by atoms with E-state index in [1.54, 1.807) is 0 Å². The standard InChI is InChI=1S/C16H22N2O6/c1-23-15(21)17-9-5-8-13(10-14(19)20)18-16(22)24-11-12-6-3-2-4-7-12/h2-4,6-7,13H,5,8-11H2,1H3,(H,17,21)(H,18,22)(H,19,20)/t13-/m0/s1. The van der Waals surface area contributed by atoms with Crippen LogP contribution in [0.5, 0.6) is 0 Å². The predicted molar refractivity (Wildman–Crippen MR) is 85.4 cm³/mol. The number of benzene rings is 1. The number of aliphatic carboxylic acids is 1. The first-order valence-electron chi connectivity index (χ1n) is 7.52. The molecule has 1 aromatic rings. The van der Waals surface area contributed by atoms with Crippen molar-refractivity contribution in [1.82, 2.24) is 10.6 Å². The number of carbonyl (C=O) groups is 3. The van der Waals surface area contributed by atoms with E-state index in [-0.39, 0.29) is 13.0 Å². The summed E-state index contributed by atoms with van der Waals surface area (Å²) in [7, 11) is 1.26. The first-order chi connectivity index (χ1) is 11.5. The molecule has 2 amide bonds. The fourth-order valence-corrected chi connectivity index (χ4v) is 1.98. The molecule has 0 fully saturated rings. The van der Waals surface area contributed by atoms with Crippen molar-refractivity contribution in [3.63, 3.8) is 0 Å². The first kappa shape index (κ1) is 19.3. The van der Waals surface area contributed by atoms with Crippen LogP contribution in [0, 0.1) is 0 Å². The molecule has 0 saturated heterocycles. The summed E-state index contributed by atoms with van der Waals surface area (Å²) in [5.74, 6) is -1.02. The fourth-order valence-electron chi connectivity index (χ4n) is 1.98. The van der Waals surface area contributed by atoms with E-state index in [4.69, 9.17) is 9.84 Å². The van der Waals surface area contributed by atoms with Gasteiger partial charge in [-0.1, -0.05) is 30.3 Å². The van der Waals surface area contributed by atoms with Crippen molar-refractivity contribution in [2.45, 2.75) is 31.9 Å². The summed E-state index contributed by atoms with van der Waals surface area (Å²) in [4.78, 5) is 33.6. The van der Waals surface area contributed by atoms with Gasteiger partial charge in [-0.3, -0.25) is 4.79 Å². The van der Waals surface area contributed by atoms with Crippen molar-refractivity contribution in [2.24, 2.45) is 0 Å². The van der Waals surface area contributed by atoms with Gasteiger partial charge in [0.25, 0.3) is 0 Å². The number of hydrogen-bond donors (Lipinski definition) is 3. The lowest BCUT2D eigenvalue weighted by Crippen LogP contribution is -2.37. The van der Waals surface area contributed by atoms with Gasteiger partial charge in [-0.05, 0) is 18.4 Å². The quantitative estimate of drug-likeness (QED) is 0.593. The van der Waals surface area contributed by atoms with Gasteiger partial charge >= 0.3 is 18.2 Å². The molecule has 1 atom stereocenters. The van der Waals surface area contributed by atoms with E-state index in [2.05, 4.69) is 15.4 Å². The molecule has 1 aromatic carbocycles. The molecule has 0 bridgehead atoms. The topological polar surface area (TPSA) is 114 Å². The van der Waals surface area contributed by atoms with Crippen molar-refractivity contribution in [3.8, 4) is 0 Å². The van der Waals surface area contributed by atoms with Crippen LogP contribution in [0.2, 0.25) is 0 Å². The van der Waals surface area contributed by atoms with Gasteiger partial charge in [-0.15, -0.1) is 0 Å². The molecule has 24 heavy (non-hydrogen) atoms. The van der Waals surface area contributed by atoms with Gasteiger partial charge < -0.3 is 25.2 Å². The number of ether oxygens (including phenoxy) is 2. The fraction of sp³-hybridized carbons (Fsp3) is 0.438. The minimum Gasteiger partial charge on any atom is -0.481 e. The lowest BCUT2D eigenvalue weighted by atomic mass is 10.1. The molecule has 8 nitrogen and oxygen atoms in total. The van der Waals surface area contributed by atoms with Crippen LogP contribution < -0.4 is 10.6 Å². The summed E-state index contributed by atoms with van der Waals surface area (Å²) in [5, 5.41) is 13.9. The molecule has 0 unspecified atom stereocenters. The molecular formula is C16H22N2O6. The Bertz CT molecular complexity index is 535. The number of methoxy groups -OCH3 is 1. The Morgan fingerprint density at radius 1 is 1.17 bits per heavy atom. The third kappa shape index (κ3) is 8.62. The predicted octanol–water partition coefficient (Wildman–Crippen LogP) is 1.89. The average Bonchev–Trinajstić information content (AvgIpc) is 2.57. The van der Waals surface area contributed by atoms with Crippen LogP contribution in [0.4, 0.5) is 9.59 Å². The van der Waals surface area contributed by atoms with E-state index < -0.39 is 24.2 Å². The van der Waals surface area contributed by atoms with Gasteiger partial charge in [0.05, 0.1) is 13.5 Å². The minimum atomic E-state index is -1.02. The summed E-state index contributed by atoms with van der Waals surface area (Å²) in [6.07, 6.45) is -0.576. The number of alkyl carbamates (subject to hydrolysis) is 2. The summed E-state index contributed by atoms with van der Waals surface area (Å²) in [6.45, 7) is 0.430. The molecule has 0 aromatic heterocycles. The van der Waals surface area contributed by atoms with Gasteiger partial charge in [0.2, 0.25) is 0 Å². The van der Waals surface area contributed by atoms with Crippen LogP contribution in [-0.2, 0) is 20.9 Å². The van der Waals surface area contributed by atoms with E-state index in [0.29, 0.717) is 19.4 Å². The highest BCUT2D eigenvalue weighted by Gasteiger charge is 2.16. The van der Waals surface area contributed by atoms with Crippen molar-refractivity contribution in [1.29, 1.82) is 0 Å². The second kappa shape index (κ2) is 10.9. The molecule has 0 aliphatic heterocycles. The van der Waals surface area contributed by atoms with E-state index in [1.165, 1.54) is 7.11 Å². The van der Waals surface area contributed by atoms with Crippen LogP contribution in [0.3, 0.4) is 0 Å². The first-order valence-corrected chi connectivity index (χ1v) is 7.52. The van der Waals surface area contributed by atoms with Crippen molar-refractivity contribution in [2.75, 3.05) is 13.7 Å². The van der Waals surface area contributed by atoms with Gasteiger partial charge in [0.1, 0.15) is 6.61 Å². The molecule has 0 spiro atoms. The summed E-state index contributed by atoms with van der Waals surface area (Å²) in [6, 6.07) is 8.58. The van der Waals surface area contributed by atoms with Crippen LogP contribution in [0.25, 0.3) is 0 Å². The summed E-state index contributed by atoms with van der Waals surface area (Å²) < 4.78 is 9.50. The van der Waals surface area contributed by atoms with Crippen molar-refractivity contribution >= 4 is 18.2 Å². The van der Waals surface area contributed by atoms with E-state index in [1.807, 2.05) is 30.3 Å². The normalized spacial score (nSPS) is 11.2. The third-order valence-corrected chi connectivity index (χ3v) is 3.14. The molecule has 0 heterocycles. The van der Waals surface area contributed by atoms with Crippen LogP contribution in [-0.4, -0.2) is 43.0 Å². The smallest absolute Gasteiger partial charge is 0.407 e. The number of rotatable bonds is 9. The highest BCUT2D eigenvalue weighted by Crippen LogP contribution is 2.05. The van der Waals surface area contributed by atoms with E-state index >= 15 is 0 Å². The maximum atomic E-state index is 11.8. The molecule has 3 N–H and O–H groups in total. The van der Waals surface area contributed by atoms with Gasteiger partial charge in [0, 0.05) is 12.6 Å². The minimum absolute atomic E-state index is 0.108. The second-order valence-electron chi connectivity index (χ2n) is 5.06. The van der Waals surface area contributed by atoms with Crippen LogP contribution >= 0.6 is 0 Å². The SMILES string of the molecule is COC(=O)NCCC[C@@H](CC(=O)O)NC(=O)OCc1ccccc1. The number of carboxylic acid groups (broad SMARTS) is 1. The summed E-state index contributed by atoms with van der Waals surface area (Å²) >= 11 is 0. The Morgan fingerprint density at radius 3 is 2.50 bits per heavy atom. The van der Waals surface area contributed by atoms with E-state index in [9.17, 15) is 14.4 Å². The molecule has 1 rings (SSSR count). The molecule has 132 valence electrons. The zero-order valence-corrected chi connectivity index (χ0v) is 13.5. The lowest BCUT2D eigenvalue weighted by Gasteiger charge is -2.17. The molecule has 0 radical (unpaired) electrons. The average molecular weight is 338 g/mol. The second-order valence-corrected chi connectivity index (χ2v) is 5.06. The third-order valence-electron chi connectivity index (χ3n) is 3.14. The number of hydrogen-bond acceptors (Lipinski definition) is 5. The monoisotopic (exact) mass is 338 g/mol. The van der Waals surface area contributed by atoms with Crippen molar-refractivity contribution < 1.29 is 29.0 Å². The van der Waals surface area contributed by atoms with Crippen LogP contribution in [0.15, 0.2) is 30.3 Å². The highest BCUT2D eigenvalue weighted by atomic mass is 16.5. The Labute approximate surface area is 140 Å². The van der Waals surface area contributed by atoms with Gasteiger partial charge in [-0.25, -0.2) is 9.59 Å². The maximum Gasteiger partial charge on any atom is 0.407 e. The number of carbonyl (C=O) groups excluding carboxylic acids is 2. The van der Waals surface area contributed by atoms with E-state index in [0.717, 1.165) is 5.56 Å². The highest BCUT2D eigenvalue weighted by molar-refractivity contribution is 5.71. The zero-order valence-electron chi connectivity index (χ0n) is 13.5. The van der Waals surface area contributed by atoms with Crippen molar-refractivity contribution in [3.05, 3.63) is 35.9 Å². The van der Waals surface area contributed by atoms with Gasteiger partial charge in [0.15, 0.2) is 0 Å². The Morgan fingerprint density at radius 2 is 1.88 bits per heavy atom. The molecule has 0 saturated carbocycles. The number of nitrogens with one attached hydrogen (secondary N) is 2. The molecule has 0 aliphatic rings. The Hall–Kier alpha value is -2.77. The lowest BCUT2D eigenvalue weighted by molar-refractivity contribution is -0.137. The maximum absolute atomic E-state index is 11.8.